The lowest BCUT2D eigenvalue weighted by Crippen LogP contribution is -1.82. The second-order valence-electron chi connectivity index (χ2n) is 4.88. The molecule has 0 amide bonds. The first-order valence-corrected chi connectivity index (χ1v) is 7.52. The highest BCUT2D eigenvalue weighted by Crippen LogP contribution is 2.29. The van der Waals surface area contributed by atoms with E-state index in [1.54, 1.807) is 0 Å². The lowest BCUT2D eigenvalue weighted by atomic mass is 9.99. The molecule has 0 fully saturated rings. The van der Waals surface area contributed by atoms with Crippen LogP contribution in [0.1, 0.15) is 0 Å². The van der Waals surface area contributed by atoms with E-state index in [2.05, 4.69) is 63.3 Å². The predicted molar refractivity (Wildman–Crippen MR) is 88.3 cm³/mol. The van der Waals surface area contributed by atoms with Crippen molar-refractivity contribution in [1.82, 2.24) is 8.75 Å². The van der Waals surface area contributed by atoms with E-state index in [4.69, 9.17) is 0 Å². The van der Waals surface area contributed by atoms with E-state index in [1.807, 2.05) is 18.2 Å². The summed E-state index contributed by atoms with van der Waals surface area (Å²) in [5.74, 6) is 0. The summed E-state index contributed by atoms with van der Waals surface area (Å²) in [7, 11) is 0. The van der Waals surface area contributed by atoms with Crippen LogP contribution in [0.3, 0.4) is 0 Å². The smallest absolute Gasteiger partial charge is 0.112 e. The van der Waals surface area contributed by atoms with Crippen molar-refractivity contribution in [2.24, 2.45) is 0 Å². The Kier molecular flexibility index (Phi) is 2.98. The summed E-state index contributed by atoms with van der Waals surface area (Å²) in [6.07, 6.45) is 0. The van der Waals surface area contributed by atoms with Crippen molar-refractivity contribution in [3.8, 4) is 22.3 Å². The molecule has 3 aromatic carbocycles. The molecule has 0 spiro atoms. The fourth-order valence-electron chi connectivity index (χ4n) is 2.51. The van der Waals surface area contributed by atoms with E-state index in [0.717, 1.165) is 16.6 Å². The highest BCUT2D eigenvalue weighted by atomic mass is 32.1. The number of hydrogen-bond donors (Lipinski definition) is 0. The number of nitrogens with zero attached hydrogens (tertiary/aromatic N) is 2. The van der Waals surface area contributed by atoms with Crippen molar-refractivity contribution in [1.29, 1.82) is 0 Å². The fraction of sp³-hybridized carbons (Fsp3) is 0. The molecule has 4 rings (SSSR count). The molecule has 1 heterocycles. The second kappa shape index (κ2) is 5.11. The molecule has 100 valence electrons. The van der Waals surface area contributed by atoms with Gasteiger partial charge < -0.3 is 0 Å². The number of aromatic nitrogens is 2. The van der Waals surface area contributed by atoms with E-state index in [1.165, 1.54) is 28.4 Å². The van der Waals surface area contributed by atoms with Crippen LogP contribution in [-0.4, -0.2) is 8.75 Å². The van der Waals surface area contributed by atoms with Crippen LogP contribution in [0, 0.1) is 0 Å². The molecule has 1 aromatic heterocycles. The molecule has 0 aliphatic rings. The molecule has 0 radical (unpaired) electrons. The van der Waals surface area contributed by atoms with Crippen LogP contribution in [0.25, 0.3) is 33.3 Å². The van der Waals surface area contributed by atoms with Crippen LogP contribution in [0.15, 0.2) is 72.8 Å². The van der Waals surface area contributed by atoms with Gasteiger partial charge in [-0.1, -0.05) is 66.7 Å². The van der Waals surface area contributed by atoms with Gasteiger partial charge >= 0.3 is 0 Å². The minimum absolute atomic E-state index is 0.963. The van der Waals surface area contributed by atoms with E-state index in [-0.39, 0.29) is 0 Å². The molecule has 0 aliphatic carbocycles. The van der Waals surface area contributed by atoms with Gasteiger partial charge in [0.05, 0.1) is 11.7 Å². The summed E-state index contributed by atoms with van der Waals surface area (Å²) in [4.78, 5) is 0. The van der Waals surface area contributed by atoms with Crippen LogP contribution >= 0.6 is 11.7 Å². The van der Waals surface area contributed by atoms with Gasteiger partial charge in [0.15, 0.2) is 0 Å². The number of benzene rings is 3. The van der Waals surface area contributed by atoms with Crippen molar-refractivity contribution < 1.29 is 0 Å². The van der Waals surface area contributed by atoms with Gasteiger partial charge in [-0.25, -0.2) is 0 Å². The topological polar surface area (TPSA) is 25.8 Å². The Bertz CT molecular complexity index is 880. The van der Waals surface area contributed by atoms with Gasteiger partial charge in [-0.3, -0.25) is 0 Å². The highest BCUT2D eigenvalue weighted by molar-refractivity contribution is 7.00. The second-order valence-corrected chi connectivity index (χ2v) is 5.41. The molecule has 0 N–H and O–H groups in total. The van der Waals surface area contributed by atoms with Crippen LogP contribution in [0.5, 0.6) is 0 Å². The standard InChI is InChI=1S/C18H12N2S/c1-2-5-13(6-3-1)14-9-11-15(12-10-14)16-7-4-8-17-18(16)20-21-19-17/h1-12H. The normalized spacial score (nSPS) is 10.9. The van der Waals surface area contributed by atoms with Gasteiger partial charge in [0, 0.05) is 5.56 Å². The quantitative estimate of drug-likeness (QED) is 0.517. The molecular weight excluding hydrogens is 276 g/mol. The maximum atomic E-state index is 4.41. The van der Waals surface area contributed by atoms with Crippen molar-refractivity contribution in [2.75, 3.05) is 0 Å². The molecular formula is C18H12N2S. The first-order valence-electron chi connectivity index (χ1n) is 6.79. The average molecular weight is 288 g/mol. The minimum atomic E-state index is 0.963. The number of hydrogen-bond acceptors (Lipinski definition) is 3. The van der Waals surface area contributed by atoms with E-state index >= 15 is 0 Å². The Morgan fingerprint density at radius 2 is 1.29 bits per heavy atom. The lowest BCUT2D eigenvalue weighted by Gasteiger charge is -2.05. The molecule has 2 nitrogen and oxygen atoms in total. The molecule has 0 bridgehead atoms. The third kappa shape index (κ3) is 2.22. The lowest BCUT2D eigenvalue weighted by molar-refractivity contribution is 1.58. The SMILES string of the molecule is c1ccc(-c2ccc(-c3cccc4nsnc34)cc2)cc1. The van der Waals surface area contributed by atoms with Gasteiger partial charge in [0.1, 0.15) is 11.0 Å². The average Bonchev–Trinajstić information content (AvgIpc) is 3.04. The maximum absolute atomic E-state index is 4.41. The summed E-state index contributed by atoms with van der Waals surface area (Å²) in [6, 6.07) is 25.1. The summed E-state index contributed by atoms with van der Waals surface area (Å²) >= 11 is 1.26. The van der Waals surface area contributed by atoms with Crippen LogP contribution in [0.2, 0.25) is 0 Å². The molecule has 3 heteroatoms. The molecule has 4 aromatic rings. The van der Waals surface area contributed by atoms with Gasteiger partial charge in [0.2, 0.25) is 0 Å². The molecule has 0 aliphatic heterocycles. The molecule has 21 heavy (non-hydrogen) atoms. The van der Waals surface area contributed by atoms with Crippen molar-refractivity contribution in [3.63, 3.8) is 0 Å². The van der Waals surface area contributed by atoms with Crippen LogP contribution < -0.4 is 0 Å². The van der Waals surface area contributed by atoms with Gasteiger partial charge in [-0.05, 0) is 22.8 Å². The molecule has 0 saturated carbocycles. The van der Waals surface area contributed by atoms with E-state index < -0.39 is 0 Å². The molecule has 0 saturated heterocycles. The Balaban J connectivity index is 1.79. The maximum Gasteiger partial charge on any atom is 0.112 e. The minimum Gasteiger partial charge on any atom is -0.173 e. The largest absolute Gasteiger partial charge is 0.173 e. The summed E-state index contributed by atoms with van der Waals surface area (Å²) in [6.45, 7) is 0. The number of rotatable bonds is 2. The summed E-state index contributed by atoms with van der Waals surface area (Å²) in [5, 5.41) is 0. The van der Waals surface area contributed by atoms with E-state index in [0.29, 0.717) is 0 Å². The fourth-order valence-corrected chi connectivity index (χ4v) is 3.06. The number of fused-ring (bicyclic) bond motifs is 1. The van der Waals surface area contributed by atoms with Crippen molar-refractivity contribution in [3.05, 3.63) is 72.8 Å². The first-order chi connectivity index (χ1) is 10.4. The Labute approximate surface area is 127 Å². The first kappa shape index (κ1) is 12.2. The van der Waals surface area contributed by atoms with Crippen molar-refractivity contribution >= 4 is 22.8 Å². The molecule has 0 atom stereocenters. The van der Waals surface area contributed by atoms with E-state index in [9.17, 15) is 0 Å². The Hall–Kier alpha value is -2.52. The zero-order valence-electron chi connectivity index (χ0n) is 11.2. The van der Waals surface area contributed by atoms with Crippen LogP contribution in [-0.2, 0) is 0 Å². The zero-order valence-corrected chi connectivity index (χ0v) is 12.0. The summed E-state index contributed by atoms with van der Waals surface area (Å²) < 4.78 is 8.71. The van der Waals surface area contributed by atoms with Gasteiger partial charge in [-0.15, -0.1) is 0 Å². The van der Waals surface area contributed by atoms with Gasteiger partial charge in [-0.2, -0.15) is 8.75 Å². The summed E-state index contributed by atoms with van der Waals surface area (Å²) in [5.41, 5.74) is 6.72. The third-order valence-corrected chi connectivity index (χ3v) is 4.13. The third-order valence-electron chi connectivity index (χ3n) is 3.59. The van der Waals surface area contributed by atoms with Crippen LogP contribution in [0.4, 0.5) is 0 Å². The highest BCUT2D eigenvalue weighted by Gasteiger charge is 2.07. The Morgan fingerprint density at radius 1 is 0.571 bits per heavy atom. The zero-order chi connectivity index (χ0) is 14.1. The van der Waals surface area contributed by atoms with Gasteiger partial charge in [0.25, 0.3) is 0 Å². The van der Waals surface area contributed by atoms with Crippen molar-refractivity contribution in [2.45, 2.75) is 0 Å². The predicted octanol–water partition coefficient (Wildman–Crippen LogP) is 5.03. The molecule has 0 unspecified atom stereocenters. The monoisotopic (exact) mass is 288 g/mol. The Morgan fingerprint density at radius 3 is 2.10 bits per heavy atom.